The second kappa shape index (κ2) is 4.92. The second-order valence-electron chi connectivity index (χ2n) is 5.31. The van der Waals surface area contributed by atoms with Crippen LogP contribution in [-0.2, 0) is 11.3 Å². The molecule has 6 heteroatoms. The number of nitro benzene ring substituents is 1. The molecule has 1 aromatic heterocycles. The molecule has 1 atom stereocenters. The maximum Gasteiger partial charge on any atom is 0.270 e. The van der Waals surface area contributed by atoms with Crippen LogP contribution in [0.4, 0.5) is 5.69 Å². The van der Waals surface area contributed by atoms with E-state index in [-0.39, 0.29) is 16.7 Å². The Morgan fingerprint density at radius 3 is 2.73 bits per heavy atom. The van der Waals surface area contributed by atoms with Gasteiger partial charge in [0.05, 0.1) is 23.6 Å². The van der Waals surface area contributed by atoms with Crippen molar-refractivity contribution < 1.29 is 9.66 Å². The summed E-state index contributed by atoms with van der Waals surface area (Å²) < 4.78 is 7.14. The lowest BCUT2D eigenvalue weighted by atomic mass is 10.1. The number of hydrogen-bond donors (Lipinski definition) is 0. The highest BCUT2D eigenvalue weighted by Gasteiger charge is 2.25. The standard InChI is InChI=1S/C16H13N3O3/c20-19(21)12-6-7-15-14(8-12)16(11-4-2-1-3-5-11)17-18(15)9-13-10-22-13/h1-8,13H,9-10H2. The van der Waals surface area contributed by atoms with Gasteiger partial charge < -0.3 is 4.74 Å². The van der Waals surface area contributed by atoms with E-state index in [0.29, 0.717) is 6.54 Å². The number of epoxide rings is 1. The summed E-state index contributed by atoms with van der Waals surface area (Å²) in [5.74, 6) is 0. The summed E-state index contributed by atoms with van der Waals surface area (Å²) in [6.07, 6.45) is 0.196. The molecule has 0 N–H and O–H groups in total. The van der Waals surface area contributed by atoms with Crippen molar-refractivity contribution in [2.75, 3.05) is 6.61 Å². The molecule has 0 aliphatic carbocycles. The van der Waals surface area contributed by atoms with Gasteiger partial charge in [-0.3, -0.25) is 14.8 Å². The van der Waals surface area contributed by atoms with Gasteiger partial charge in [-0.25, -0.2) is 0 Å². The van der Waals surface area contributed by atoms with Crippen LogP contribution in [0.3, 0.4) is 0 Å². The fourth-order valence-electron chi connectivity index (χ4n) is 2.60. The quantitative estimate of drug-likeness (QED) is 0.421. The minimum atomic E-state index is -0.379. The van der Waals surface area contributed by atoms with Gasteiger partial charge in [0, 0.05) is 23.1 Å². The van der Waals surface area contributed by atoms with Gasteiger partial charge in [0.2, 0.25) is 0 Å². The minimum absolute atomic E-state index is 0.0758. The molecule has 22 heavy (non-hydrogen) atoms. The fraction of sp³-hybridized carbons (Fsp3) is 0.188. The molecular formula is C16H13N3O3. The van der Waals surface area contributed by atoms with Crippen LogP contribution in [0.15, 0.2) is 48.5 Å². The zero-order valence-electron chi connectivity index (χ0n) is 11.7. The normalized spacial score (nSPS) is 16.8. The highest BCUT2D eigenvalue weighted by Crippen LogP contribution is 2.31. The topological polar surface area (TPSA) is 73.5 Å². The minimum Gasteiger partial charge on any atom is -0.371 e. The molecule has 1 aliphatic rings. The van der Waals surface area contributed by atoms with E-state index < -0.39 is 0 Å². The number of ether oxygens (including phenoxy) is 1. The third-order valence-corrected chi connectivity index (χ3v) is 3.77. The number of rotatable bonds is 4. The van der Waals surface area contributed by atoms with E-state index in [4.69, 9.17) is 4.74 Å². The Kier molecular flexibility index (Phi) is 2.90. The van der Waals surface area contributed by atoms with Crippen LogP contribution in [0.5, 0.6) is 0 Å². The highest BCUT2D eigenvalue weighted by molar-refractivity contribution is 5.94. The Bertz CT molecular complexity index is 854. The van der Waals surface area contributed by atoms with Gasteiger partial charge in [0.25, 0.3) is 5.69 Å². The van der Waals surface area contributed by atoms with Crippen LogP contribution in [0.25, 0.3) is 22.2 Å². The Hall–Kier alpha value is -2.73. The van der Waals surface area contributed by atoms with Crippen LogP contribution < -0.4 is 0 Å². The highest BCUT2D eigenvalue weighted by atomic mass is 16.6. The third-order valence-electron chi connectivity index (χ3n) is 3.77. The van der Waals surface area contributed by atoms with E-state index in [2.05, 4.69) is 5.10 Å². The van der Waals surface area contributed by atoms with E-state index in [1.165, 1.54) is 6.07 Å². The maximum absolute atomic E-state index is 11.0. The summed E-state index contributed by atoms with van der Waals surface area (Å²) in [6.45, 7) is 1.41. The van der Waals surface area contributed by atoms with Crippen molar-refractivity contribution in [2.45, 2.75) is 12.6 Å². The SMILES string of the molecule is O=[N+]([O-])c1ccc2c(c1)c(-c1ccccc1)nn2CC1CO1. The van der Waals surface area contributed by atoms with E-state index >= 15 is 0 Å². The largest absolute Gasteiger partial charge is 0.371 e. The Morgan fingerprint density at radius 2 is 2.05 bits per heavy atom. The van der Waals surface area contributed by atoms with E-state index in [1.807, 2.05) is 35.0 Å². The average molecular weight is 295 g/mol. The molecule has 0 radical (unpaired) electrons. The number of hydrogen-bond acceptors (Lipinski definition) is 4. The third kappa shape index (κ3) is 2.23. The van der Waals surface area contributed by atoms with Crippen molar-refractivity contribution in [1.29, 1.82) is 0 Å². The number of aromatic nitrogens is 2. The summed E-state index contributed by atoms with van der Waals surface area (Å²) in [4.78, 5) is 10.7. The fourth-order valence-corrected chi connectivity index (χ4v) is 2.60. The second-order valence-corrected chi connectivity index (χ2v) is 5.31. The van der Waals surface area contributed by atoms with E-state index in [9.17, 15) is 10.1 Å². The van der Waals surface area contributed by atoms with Crippen LogP contribution in [0, 0.1) is 10.1 Å². The summed E-state index contributed by atoms with van der Waals surface area (Å²) >= 11 is 0. The van der Waals surface area contributed by atoms with Gasteiger partial charge >= 0.3 is 0 Å². The first-order valence-electron chi connectivity index (χ1n) is 7.04. The summed E-state index contributed by atoms with van der Waals surface area (Å²) in [5, 5.41) is 16.5. The van der Waals surface area contributed by atoms with Crippen molar-refractivity contribution in [3.8, 4) is 11.3 Å². The molecule has 4 rings (SSSR count). The zero-order valence-corrected chi connectivity index (χ0v) is 11.7. The summed E-state index contributed by atoms with van der Waals surface area (Å²) in [5.41, 5.74) is 2.68. The molecule has 1 aliphatic heterocycles. The Balaban J connectivity index is 1.92. The van der Waals surface area contributed by atoms with Gasteiger partial charge in [-0.05, 0) is 6.07 Å². The molecule has 3 aromatic rings. The molecule has 1 unspecified atom stereocenters. The van der Waals surface area contributed by atoms with Crippen LogP contribution in [0.2, 0.25) is 0 Å². The first-order valence-corrected chi connectivity index (χ1v) is 7.04. The van der Waals surface area contributed by atoms with Crippen LogP contribution in [0.1, 0.15) is 0 Å². The number of fused-ring (bicyclic) bond motifs is 1. The first kappa shape index (κ1) is 13.0. The predicted octanol–water partition coefficient (Wildman–Crippen LogP) is 3.01. The lowest BCUT2D eigenvalue weighted by Crippen LogP contribution is -2.05. The maximum atomic E-state index is 11.0. The van der Waals surface area contributed by atoms with Crippen molar-refractivity contribution in [2.24, 2.45) is 0 Å². The Morgan fingerprint density at radius 1 is 1.27 bits per heavy atom. The zero-order chi connectivity index (χ0) is 15.1. The van der Waals surface area contributed by atoms with Gasteiger partial charge in [0.1, 0.15) is 11.8 Å². The molecule has 0 amide bonds. The summed E-state index contributed by atoms with van der Waals surface area (Å²) in [6, 6.07) is 14.6. The van der Waals surface area contributed by atoms with Crippen molar-refractivity contribution >= 4 is 16.6 Å². The van der Waals surface area contributed by atoms with E-state index in [1.54, 1.807) is 12.1 Å². The smallest absolute Gasteiger partial charge is 0.270 e. The molecule has 0 saturated carbocycles. The van der Waals surface area contributed by atoms with Gasteiger partial charge in [0.15, 0.2) is 0 Å². The molecular weight excluding hydrogens is 282 g/mol. The number of benzene rings is 2. The summed E-state index contributed by atoms with van der Waals surface area (Å²) in [7, 11) is 0. The van der Waals surface area contributed by atoms with Crippen LogP contribution in [-0.4, -0.2) is 27.4 Å². The molecule has 0 bridgehead atoms. The molecule has 110 valence electrons. The average Bonchev–Trinajstić information content (AvgIpc) is 3.28. The van der Waals surface area contributed by atoms with Crippen LogP contribution >= 0.6 is 0 Å². The number of nitro groups is 1. The van der Waals surface area contributed by atoms with Crippen molar-refractivity contribution in [1.82, 2.24) is 9.78 Å². The first-order chi connectivity index (χ1) is 10.7. The van der Waals surface area contributed by atoms with Crippen molar-refractivity contribution in [3.05, 3.63) is 58.6 Å². The van der Waals surface area contributed by atoms with E-state index in [0.717, 1.165) is 28.8 Å². The van der Waals surface area contributed by atoms with Crippen molar-refractivity contribution in [3.63, 3.8) is 0 Å². The predicted molar refractivity (Wildman–Crippen MR) is 81.6 cm³/mol. The molecule has 2 aromatic carbocycles. The number of non-ortho nitro benzene ring substituents is 1. The lowest BCUT2D eigenvalue weighted by Gasteiger charge is -1.99. The van der Waals surface area contributed by atoms with Gasteiger partial charge in [-0.15, -0.1) is 0 Å². The number of nitrogens with zero attached hydrogens (tertiary/aromatic N) is 3. The van der Waals surface area contributed by atoms with Gasteiger partial charge in [-0.1, -0.05) is 30.3 Å². The molecule has 2 heterocycles. The molecule has 0 spiro atoms. The molecule has 1 saturated heterocycles. The lowest BCUT2D eigenvalue weighted by molar-refractivity contribution is -0.384. The molecule has 6 nitrogen and oxygen atoms in total. The van der Waals surface area contributed by atoms with Gasteiger partial charge in [-0.2, -0.15) is 5.10 Å². The monoisotopic (exact) mass is 295 g/mol. The molecule has 1 fully saturated rings. The Labute approximate surface area is 126 Å².